The molecule has 130 valence electrons. The number of hydrogen-bond acceptors (Lipinski definition) is 5. The van der Waals surface area contributed by atoms with Gasteiger partial charge in [-0.2, -0.15) is 0 Å². The lowest BCUT2D eigenvalue weighted by atomic mass is 9.79. The molecule has 22 heavy (non-hydrogen) atoms. The monoisotopic (exact) mass is 336 g/mol. The average molecular weight is 337 g/mol. The molecule has 0 saturated carbocycles. The van der Waals surface area contributed by atoms with Gasteiger partial charge in [0.1, 0.15) is 6.61 Å². The molecule has 0 aromatic rings. The molecule has 1 unspecified atom stereocenters. The van der Waals surface area contributed by atoms with Gasteiger partial charge >= 0.3 is 0 Å². The number of halogens is 1. The Morgan fingerprint density at radius 2 is 2.18 bits per heavy atom. The van der Waals surface area contributed by atoms with Crippen molar-refractivity contribution in [3.05, 3.63) is 0 Å². The van der Waals surface area contributed by atoms with Gasteiger partial charge in [0, 0.05) is 31.6 Å². The van der Waals surface area contributed by atoms with Crippen LogP contribution in [0.5, 0.6) is 0 Å². The first-order chi connectivity index (χ1) is 10.2. The quantitative estimate of drug-likeness (QED) is 0.679. The van der Waals surface area contributed by atoms with E-state index < -0.39 is 0 Å². The Morgan fingerprint density at radius 3 is 2.82 bits per heavy atom. The summed E-state index contributed by atoms with van der Waals surface area (Å²) in [5.74, 6) is 0.407. The fourth-order valence-corrected chi connectivity index (χ4v) is 3.01. The van der Waals surface area contributed by atoms with Crippen molar-refractivity contribution in [1.82, 2.24) is 10.6 Å². The fourth-order valence-electron chi connectivity index (χ4n) is 3.01. The Kier molecular flexibility index (Phi) is 9.28. The second kappa shape index (κ2) is 10.4. The number of amides is 1. The number of piperidine rings is 1. The van der Waals surface area contributed by atoms with Crippen LogP contribution in [0.4, 0.5) is 0 Å². The van der Waals surface area contributed by atoms with Gasteiger partial charge in [0.2, 0.25) is 5.91 Å². The highest BCUT2D eigenvalue weighted by Gasteiger charge is 2.32. The molecule has 0 radical (unpaired) electrons. The lowest BCUT2D eigenvalue weighted by Crippen LogP contribution is -2.47. The Morgan fingerprint density at radius 1 is 1.41 bits per heavy atom. The van der Waals surface area contributed by atoms with Crippen LogP contribution in [0.25, 0.3) is 0 Å². The van der Waals surface area contributed by atoms with Crippen LogP contribution in [0.2, 0.25) is 0 Å². The summed E-state index contributed by atoms with van der Waals surface area (Å²) in [6.45, 7) is 5.64. The van der Waals surface area contributed by atoms with E-state index in [0.29, 0.717) is 25.7 Å². The van der Waals surface area contributed by atoms with Gasteiger partial charge in [0.15, 0.2) is 0 Å². The highest BCUT2D eigenvalue weighted by molar-refractivity contribution is 5.85. The molecule has 7 heteroatoms. The number of carbonyl (C=O) groups is 1. The van der Waals surface area contributed by atoms with Crippen molar-refractivity contribution in [2.45, 2.75) is 19.3 Å². The van der Waals surface area contributed by atoms with Gasteiger partial charge in [-0.1, -0.05) is 0 Å². The molecule has 0 spiro atoms. The standard InChI is InChI=1S/C15H28N2O4.ClH/c1-19-12-15(3-5-16-6-4-15)11-17-14(18)10-21-9-13-2-7-20-8-13;/h13,16H,2-12H2,1H3,(H,17,18);1H. The van der Waals surface area contributed by atoms with Crippen LogP contribution in [-0.2, 0) is 19.0 Å². The Labute approximate surface area is 139 Å². The van der Waals surface area contributed by atoms with Crippen LogP contribution in [0, 0.1) is 11.3 Å². The van der Waals surface area contributed by atoms with Crippen LogP contribution < -0.4 is 10.6 Å². The molecular weight excluding hydrogens is 308 g/mol. The normalized spacial score (nSPS) is 23.8. The third-order valence-electron chi connectivity index (χ3n) is 4.39. The number of hydrogen-bond donors (Lipinski definition) is 2. The Hall–Kier alpha value is -0.400. The number of ether oxygens (including phenoxy) is 3. The van der Waals surface area contributed by atoms with Gasteiger partial charge in [-0.15, -0.1) is 12.4 Å². The van der Waals surface area contributed by atoms with E-state index in [2.05, 4.69) is 10.6 Å². The molecule has 0 aliphatic carbocycles. The first kappa shape index (κ1) is 19.6. The maximum atomic E-state index is 11.9. The molecule has 0 aromatic carbocycles. The van der Waals surface area contributed by atoms with Crippen molar-refractivity contribution >= 4 is 18.3 Å². The molecule has 2 saturated heterocycles. The van der Waals surface area contributed by atoms with Gasteiger partial charge in [-0.3, -0.25) is 4.79 Å². The van der Waals surface area contributed by atoms with Gasteiger partial charge in [-0.25, -0.2) is 0 Å². The first-order valence-electron chi connectivity index (χ1n) is 7.86. The van der Waals surface area contributed by atoms with Crippen molar-refractivity contribution in [3.63, 3.8) is 0 Å². The SMILES string of the molecule is COCC1(CNC(=O)COCC2CCOC2)CCNCC1.Cl. The maximum Gasteiger partial charge on any atom is 0.246 e. The fraction of sp³-hybridized carbons (Fsp3) is 0.933. The molecule has 0 bridgehead atoms. The summed E-state index contributed by atoms with van der Waals surface area (Å²) in [5.41, 5.74) is 0.0644. The zero-order valence-electron chi connectivity index (χ0n) is 13.4. The predicted octanol–water partition coefficient (Wildman–Crippen LogP) is 0.594. The van der Waals surface area contributed by atoms with E-state index in [4.69, 9.17) is 14.2 Å². The van der Waals surface area contributed by atoms with Crippen molar-refractivity contribution in [1.29, 1.82) is 0 Å². The first-order valence-corrected chi connectivity index (χ1v) is 7.86. The Balaban J connectivity index is 0.00000242. The summed E-state index contributed by atoms with van der Waals surface area (Å²) in [5, 5.41) is 6.35. The van der Waals surface area contributed by atoms with E-state index in [9.17, 15) is 4.79 Å². The van der Waals surface area contributed by atoms with E-state index in [1.165, 1.54) is 0 Å². The van der Waals surface area contributed by atoms with Gasteiger partial charge < -0.3 is 24.8 Å². The lowest BCUT2D eigenvalue weighted by molar-refractivity contribution is -0.127. The minimum Gasteiger partial charge on any atom is -0.384 e. The van der Waals surface area contributed by atoms with Crippen molar-refractivity contribution < 1.29 is 19.0 Å². The molecule has 1 amide bonds. The number of nitrogens with one attached hydrogen (secondary N) is 2. The molecule has 0 aromatic heterocycles. The van der Waals surface area contributed by atoms with E-state index in [1.54, 1.807) is 7.11 Å². The number of methoxy groups -OCH3 is 1. The van der Waals surface area contributed by atoms with E-state index in [-0.39, 0.29) is 30.3 Å². The highest BCUT2D eigenvalue weighted by Crippen LogP contribution is 2.28. The van der Waals surface area contributed by atoms with E-state index >= 15 is 0 Å². The van der Waals surface area contributed by atoms with E-state index in [1.807, 2.05) is 0 Å². The average Bonchev–Trinajstić information content (AvgIpc) is 3.00. The topological polar surface area (TPSA) is 68.8 Å². The third-order valence-corrected chi connectivity index (χ3v) is 4.39. The maximum absolute atomic E-state index is 11.9. The van der Waals surface area contributed by atoms with Crippen molar-refractivity contribution in [2.24, 2.45) is 11.3 Å². The van der Waals surface area contributed by atoms with Gasteiger partial charge in [0.05, 0.1) is 19.8 Å². The summed E-state index contributed by atoms with van der Waals surface area (Å²) in [4.78, 5) is 11.9. The molecule has 2 fully saturated rings. The largest absolute Gasteiger partial charge is 0.384 e. The molecule has 2 rings (SSSR count). The van der Waals surface area contributed by atoms with Crippen LogP contribution in [0.1, 0.15) is 19.3 Å². The Bertz CT molecular complexity index is 313. The summed E-state index contributed by atoms with van der Waals surface area (Å²) >= 11 is 0. The van der Waals surface area contributed by atoms with Crippen LogP contribution in [0.3, 0.4) is 0 Å². The predicted molar refractivity (Wildman–Crippen MR) is 86.4 cm³/mol. The minimum absolute atomic E-state index is 0. The molecule has 2 N–H and O–H groups in total. The molecule has 6 nitrogen and oxygen atoms in total. The van der Waals surface area contributed by atoms with Gasteiger partial charge in [-0.05, 0) is 32.4 Å². The van der Waals surface area contributed by atoms with Crippen molar-refractivity contribution in [2.75, 3.05) is 59.8 Å². The van der Waals surface area contributed by atoms with Crippen LogP contribution >= 0.6 is 12.4 Å². The molecule has 2 aliphatic heterocycles. The minimum atomic E-state index is -0.0390. The van der Waals surface area contributed by atoms with Crippen molar-refractivity contribution in [3.8, 4) is 0 Å². The summed E-state index contributed by atoms with van der Waals surface area (Å²) in [6, 6.07) is 0. The third kappa shape index (κ3) is 6.38. The highest BCUT2D eigenvalue weighted by atomic mass is 35.5. The smallest absolute Gasteiger partial charge is 0.246 e. The zero-order valence-corrected chi connectivity index (χ0v) is 14.2. The summed E-state index contributed by atoms with van der Waals surface area (Å²) in [6.07, 6.45) is 3.09. The van der Waals surface area contributed by atoms with Crippen LogP contribution in [-0.4, -0.2) is 65.7 Å². The lowest BCUT2D eigenvalue weighted by Gasteiger charge is -2.37. The zero-order chi connectivity index (χ0) is 15.0. The molecule has 2 heterocycles. The molecule has 1 atom stereocenters. The molecular formula is C15H29ClN2O4. The molecule has 2 aliphatic rings. The second-order valence-corrected chi connectivity index (χ2v) is 6.20. The van der Waals surface area contributed by atoms with E-state index in [0.717, 1.165) is 45.6 Å². The van der Waals surface area contributed by atoms with Gasteiger partial charge in [0.25, 0.3) is 0 Å². The number of rotatable bonds is 8. The summed E-state index contributed by atoms with van der Waals surface area (Å²) in [7, 11) is 1.72. The van der Waals surface area contributed by atoms with Crippen LogP contribution in [0.15, 0.2) is 0 Å². The summed E-state index contributed by atoms with van der Waals surface area (Å²) < 4.78 is 16.1. The second-order valence-electron chi connectivity index (χ2n) is 6.20. The number of carbonyl (C=O) groups excluding carboxylic acids is 1.